The molecule has 0 amide bonds. The summed E-state index contributed by atoms with van der Waals surface area (Å²) in [6, 6.07) is 0. The van der Waals surface area contributed by atoms with Gasteiger partial charge >= 0.3 is 5.97 Å². The molecule has 0 aliphatic heterocycles. The highest BCUT2D eigenvalue weighted by Gasteiger charge is 2.57. The van der Waals surface area contributed by atoms with Gasteiger partial charge in [0.25, 0.3) is 0 Å². The van der Waals surface area contributed by atoms with Crippen molar-refractivity contribution in [2.75, 3.05) is 0 Å². The van der Waals surface area contributed by atoms with E-state index in [0.717, 1.165) is 18.1 Å². The van der Waals surface area contributed by atoms with Crippen molar-refractivity contribution in [3.63, 3.8) is 0 Å². The molecule has 0 aromatic rings. The van der Waals surface area contributed by atoms with E-state index in [-0.39, 0.29) is 5.78 Å². The lowest BCUT2D eigenvalue weighted by molar-refractivity contribution is -0.162. The summed E-state index contributed by atoms with van der Waals surface area (Å²) in [4.78, 5) is 48.0. The highest BCUT2D eigenvalue weighted by atomic mass is 16.5. The van der Waals surface area contributed by atoms with Gasteiger partial charge in [-0.2, -0.15) is 0 Å². The Morgan fingerprint density at radius 2 is 2.00 bits per heavy atom. The maximum absolute atomic E-state index is 12.4. The van der Waals surface area contributed by atoms with Crippen LogP contribution in [0, 0.1) is 11.3 Å². The van der Waals surface area contributed by atoms with Gasteiger partial charge in [-0.25, -0.2) is 0 Å². The van der Waals surface area contributed by atoms with Gasteiger partial charge in [0.2, 0.25) is 0 Å². The molecule has 24 heavy (non-hydrogen) atoms. The van der Waals surface area contributed by atoms with Crippen molar-refractivity contribution in [1.82, 2.24) is 0 Å². The molecule has 2 aliphatic carbocycles. The SMILES string of the molecule is CC(=O)O[C@@H]1C=C(CCC=C(C)C)C[C@@H]2C(=O)C=CC(=O)[C@@]21C=O. The molecule has 0 aromatic heterocycles. The topological polar surface area (TPSA) is 77.5 Å². The number of carbonyl (C=O) groups is 4. The van der Waals surface area contributed by atoms with Crippen LogP contribution < -0.4 is 0 Å². The number of ketones is 2. The number of fused-ring (bicyclic) bond motifs is 1. The minimum atomic E-state index is -1.63. The number of hydrogen-bond donors (Lipinski definition) is 0. The summed E-state index contributed by atoms with van der Waals surface area (Å²) in [6.07, 6.45) is 7.37. The molecule has 0 bridgehead atoms. The molecule has 0 aromatic carbocycles. The highest BCUT2D eigenvalue weighted by Crippen LogP contribution is 2.45. The number of esters is 1. The number of aldehydes is 1. The summed E-state index contributed by atoms with van der Waals surface area (Å²) >= 11 is 0. The largest absolute Gasteiger partial charge is 0.457 e. The van der Waals surface area contributed by atoms with Gasteiger partial charge in [-0.3, -0.25) is 14.4 Å². The van der Waals surface area contributed by atoms with E-state index in [1.807, 2.05) is 13.8 Å². The molecule has 5 heteroatoms. The van der Waals surface area contributed by atoms with Gasteiger partial charge in [-0.15, -0.1) is 0 Å². The zero-order valence-electron chi connectivity index (χ0n) is 14.2. The van der Waals surface area contributed by atoms with E-state index in [1.165, 1.54) is 18.6 Å². The quantitative estimate of drug-likeness (QED) is 0.335. The van der Waals surface area contributed by atoms with Crippen molar-refractivity contribution in [2.45, 2.75) is 46.1 Å². The fourth-order valence-corrected chi connectivity index (χ4v) is 3.36. The molecule has 0 unspecified atom stereocenters. The smallest absolute Gasteiger partial charge is 0.303 e. The lowest BCUT2D eigenvalue weighted by Gasteiger charge is -2.42. The molecular formula is C19H22O5. The molecule has 0 heterocycles. The first kappa shape index (κ1) is 18.0. The summed E-state index contributed by atoms with van der Waals surface area (Å²) < 4.78 is 5.26. The Kier molecular flexibility index (Phi) is 5.32. The Hall–Kier alpha value is -2.30. The molecule has 2 aliphatic rings. The summed E-state index contributed by atoms with van der Waals surface area (Å²) in [5.74, 6) is -2.14. The summed E-state index contributed by atoms with van der Waals surface area (Å²) in [6.45, 7) is 5.23. The van der Waals surface area contributed by atoms with E-state index in [1.54, 1.807) is 6.08 Å². The minimum Gasteiger partial charge on any atom is -0.457 e. The second kappa shape index (κ2) is 7.07. The Morgan fingerprint density at radius 1 is 1.29 bits per heavy atom. The Balaban J connectivity index is 2.42. The van der Waals surface area contributed by atoms with E-state index in [4.69, 9.17) is 4.74 Å². The Bertz CT molecular complexity index is 663. The number of allylic oxidation sites excluding steroid dienone is 5. The molecule has 0 fully saturated rings. The third-order valence-corrected chi connectivity index (χ3v) is 4.58. The molecule has 0 saturated carbocycles. The molecule has 0 saturated heterocycles. The van der Waals surface area contributed by atoms with Gasteiger partial charge in [0.1, 0.15) is 17.8 Å². The van der Waals surface area contributed by atoms with Gasteiger partial charge in [-0.1, -0.05) is 17.2 Å². The number of rotatable bonds is 5. The van der Waals surface area contributed by atoms with Crippen molar-refractivity contribution in [1.29, 1.82) is 0 Å². The number of hydrogen-bond acceptors (Lipinski definition) is 5. The molecule has 2 rings (SSSR count). The second-order valence-corrected chi connectivity index (χ2v) is 6.58. The first-order valence-corrected chi connectivity index (χ1v) is 8.04. The predicted octanol–water partition coefficient (Wildman–Crippen LogP) is 2.50. The average Bonchev–Trinajstić information content (AvgIpc) is 2.50. The van der Waals surface area contributed by atoms with E-state index in [2.05, 4.69) is 6.08 Å². The van der Waals surface area contributed by atoms with Gasteiger partial charge in [0.15, 0.2) is 11.6 Å². The molecule has 0 radical (unpaired) electrons. The van der Waals surface area contributed by atoms with Gasteiger partial charge in [-0.05, 0) is 51.3 Å². The van der Waals surface area contributed by atoms with E-state index in [9.17, 15) is 19.2 Å². The lowest BCUT2D eigenvalue weighted by Crippen LogP contribution is -2.56. The monoisotopic (exact) mass is 330 g/mol. The van der Waals surface area contributed by atoms with Crippen LogP contribution in [0.1, 0.15) is 40.0 Å². The van der Waals surface area contributed by atoms with Gasteiger partial charge < -0.3 is 9.53 Å². The summed E-state index contributed by atoms with van der Waals surface area (Å²) in [5.41, 5.74) is 0.493. The van der Waals surface area contributed by atoms with Crippen LogP contribution in [0.2, 0.25) is 0 Å². The Labute approximate surface area is 141 Å². The number of ether oxygens (including phenoxy) is 1. The van der Waals surface area contributed by atoms with E-state index < -0.39 is 29.2 Å². The fraction of sp³-hybridized carbons (Fsp3) is 0.474. The van der Waals surface area contributed by atoms with Crippen LogP contribution in [0.3, 0.4) is 0 Å². The maximum Gasteiger partial charge on any atom is 0.303 e. The molecule has 128 valence electrons. The zero-order chi connectivity index (χ0) is 17.9. The van der Waals surface area contributed by atoms with E-state index >= 15 is 0 Å². The molecule has 0 spiro atoms. The van der Waals surface area contributed by atoms with Crippen LogP contribution in [0.15, 0.2) is 35.5 Å². The van der Waals surface area contributed by atoms with Crippen LogP contribution in [0.4, 0.5) is 0 Å². The lowest BCUT2D eigenvalue weighted by atomic mass is 9.59. The normalized spacial score (nSPS) is 28.7. The van der Waals surface area contributed by atoms with Crippen LogP contribution in [0.5, 0.6) is 0 Å². The summed E-state index contributed by atoms with van der Waals surface area (Å²) in [7, 11) is 0. The fourth-order valence-electron chi connectivity index (χ4n) is 3.36. The third-order valence-electron chi connectivity index (χ3n) is 4.58. The van der Waals surface area contributed by atoms with Crippen molar-refractivity contribution < 1.29 is 23.9 Å². The van der Waals surface area contributed by atoms with Crippen molar-refractivity contribution in [3.8, 4) is 0 Å². The first-order chi connectivity index (χ1) is 11.3. The zero-order valence-corrected chi connectivity index (χ0v) is 14.2. The predicted molar refractivity (Wildman–Crippen MR) is 88.1 cm³/mol. The second-order valence-electron chi connectivity index (χ2n) is 6.58. The molecular weight excluding hydrogens is 308 g/mol. The first-order valence-electron chi connectivity index (χ1n) is 8.04. The third kappa shape index (κ3) is 3.30. The average molecular weight is 330 g/mol. The van der Waals surface area contributed by atoms with Gasteiger partial charge in [0, 0.05) is 12.8 Å². The van der Waals surface area contributed by atoms with E-state index in [0.29, 0.717) is 19.1 Å². The standard InChI is InChI=1S/C19H22O5/c1-12(2)5-4-6-14-9-15-16(22)7-8-17(23)19(15,11-20)18(10-14)24-13(3)21/h5,7-8,10-11,15,18H,4,6,9H2,1-3H3/t15-,18-,19-/m1/s1. The van der Waals surface area contributed by atoms with Crippen molar-refractivity contribution in [3.05, 3.63) is 35.5 Å². The molecule has 5 nitrogen and oxygen atoms in total. The van der Waals surface area contributed by atoms with Crippen LogP contribution >= 0.6 is 0 Å². The summed E-state index contributed by atoms with van der Waals surface area (Å²) in [5, 5.41) is 0. The Morgan fingerprint density at radius 3 is 2.58 bits per heavy atom. The van der Waals surface area contributed by atoms with Crippen LogP contribution in [-0.2, 0) is 23.9 Å². The van der Waals surface area contributed by atoms with Crippen LogP contribution in [-0.4, -0.2) is 29.9 Å². The molecule has 0 N–H and O–H groups in total. The minimum absolute atomic E-state index is 0.272. The van der Waals surface area contributed by atoms with Gasteiger partial charge in [0.05, 0.1) is 0 Å². The van der Waals surface area contributed by atoms with Crippen molar-refractivity contribution >= 4 is 23.8 Å². The van der Waals surface area contributed by atoms with Crippen molar-refractivity contribution in [2.24, 2.45) is 11.3 Å². The maximum atomic E-state index is 12.4. The molecule has 3 atom stereocenters. The number of carbonyl (C=O) groups excluding carboxylic acids is 4. The van der Waals surface area contributed by atoms with Crippen LogP contribution in [0.25, 0.3) is 0 Å². The highest BCUT2D eigenvalue weighted by molar-refractivity contribution is 6.16.